The van der Waals surface area contributed by atoms with Gasteiger partial charge in [0.25, 0.3) is 0 Å². The fourth-order valence-corrected chi connectivity index (χ4v) is 2.39. The molecule has 0 fully saturated rings. The van der Waals surface area contributed by atoms with Crippen LogP contribution in [0.2, 0.25) is 0 Å². The molecular weight excluding hydrogens is 230 g/mol. The Hall–Kier alpha value is 0.460. The van der Waals surface area contributed by atoms with E-state index in [1.807, 2.05) is 17.1 Å². The van der Waals surface area contributed by atoms with Crippen molar-refractivity contribution >= 4 is 39.0 Å². The molecule has 0 aromatic carbocycles. The topological polar surface area (TPSA) is 12.9 Å². The van der Waals surface area contributed by atoms with Gasteiger partial charge in [-0.25, -0.2) is 4.98 Å². The molecule has 0 N–H and O–H groups in total. The van der Waals surface area contributed by atoms with Crippen molar-refractivity contribution in [2.24, 2.45) is 0 Å². The Morgan fingerprint density at radius 3 is 3.10 bits per heavy atom. The Morgan fingerprint density at radius 1 is 1.80 bits per heavy atom. The predicted octanol–water partition coefficient (Wildman–Crippen LogP) is 2.81. The average Bonchev–Trinajstić information content (AvgIpc) is 2.31. The molecule has 0 saturated heterocycles. The lowest BCUT2D eigenvalue weighted by atomic mass is 10.5. The molecule has 0 amide bonds. The molecule has 0 aliphatic heterocycles. The lowest BCUT2D eigenvalue weighted by Crippen LogP contribution is -1.84. The van der Waals surface area contributed by atoms with E-state index in [1.54, 1.807) is 11.3 Å². The van der Waals surface area contributed by atoms with Gasteiger partial charge in [-0.1, -0.05) is 0 Å². The van der Waals surface area contributed by atoms with E-state index in [1.165, 1.54) is 10.8 Å². The maximum Gasteiger partial charge on any atom is 0.117 e. The van der Waals surface area contributed by atoms with Crippen molar-refractivity contribution in [3.8, 4) is 0 Å². The van der Waals surface area contributed by atoms with Crippen molar-refractivity contribution < 1.29 is 0 Å². The highest BCUT2D eigenvalue weighted by molar-refractivity contribution is 9.10. The number of halogens is 1. The molecule has 0 saturated carbocycles. The quantitative estimate of drug-likeness (QED) is 0.803. The van der Waals surface area contributed by atoms with E-state index in [-0.39, 0.29) is 0 Å². The highest BCUT2D eigenvalue weighted by Crippen LogP contribution is 2.15. The van der Waals surface area contributed by atoms with Gasteiger partial charge in [0.2, 0.25) is 0 Å². The van der Waals surface area contributed by atoms with E-state index < -0.39 is 0 Å². The second-order valence-corrected chi connectivity index (χ2v) is 4.55. The summed E-state index contributed by atoms with van der Waals surface area (Å²) in [6.07, 6.45) is 3.21. The van der Waals surface area contributed by atoms with E-state index >= 15 is 0 Å². The third kappa shape index (κ3) is 2.60. The normalized spacial score (nSPS) is 10.2. The van der Waals surface area contributed by atoms with Crippen molar-refractivity contribution in [3.05, 3.63) is 15.0 Å². The Balaban J connectivity index is 2.42. The van der Waals surface area contributed by atoms with E-state index in [0.29, 0.717) is 0 Å². The largest absolute Gasteiger partial charge is 0.234 e. The summed E-state index contributed by atoms with van der Waals surface area (Å²) in [5, 5.41) is 3.25. The molecule has 0 aliphatic carbocycles. The minimum absolute atomic E-state index is 0.966. The fourth-order valence-electron chi connectivity index (χ4n) is 0.593. The Bertz CT molecular complexity index is 199. The van der Waals surface area contributed by atoms with Gasteiger partial charge in [-0.2, -0.15) is 11.8 Å². The molecule has 10 heavy (non-hydrogen) atoms. The molecule has 0 bridgehead atoms. The van der Waals surface area contributed by atoms with Crippen LogP contribution in [0, 0.1) is 0 Å². The first-order chi connectivity index (χ1) is 4.83. The average molecular weight is 238 g/mol. The first-order valence-corrected chi connectivity index (χ1v) is 5.98. The van der Waals surface area contributed by atoms with E-state index in [2.05, 4.69) is 27.2 Å². The van der Waals surface area contributed by atoms with Gasteiger partial charge >= 0.3 is 0 Å². The summed E-state index contributed by atoms with van der Waals surface area (Å²) in [6, 6.07) is 0. The lowest BCUT2D eigenvalue weighted by molar-refractivity contribution is 1.10. The first kappa shape index (κ1) is 8.56. The molecule has 56 valence electrons. The zero-order valence-corrected chi connectivity index (χ0v) is 8.85. The van der Waals surface area contributed by atoms with E-state index in [0.717, 1.165) is 11.0 Å². The van der Waals surface area contributed by atoms with Crippen molar-refractivity contribution in [3.63, 3.8) is 0 Å². The van der Waals surface area contributed by atoms with Crippen LogP contribution in [0.15, 0.2) is 9.98 Å². The Kier molecular flexibility index (Phi) is 3.73. The second kappa shape index (κ2) is 4.36. The van der Waals surface area contributed by atoms with Gasteiger partial charge in [0, 0.05) is 11.8 Å². The monoisotopic (exact) mass is 237 g/mol. The minimum atomic E-state index is 0.966. The number of rotatable bonds is 3. The number of aryl methyl sites for hydroxylation is 1. The minimum Gasteiger partial charge on any atom is -0.234 e. The smallest absolute Gasteiger partial charge is 0.117 e. The van der Waals surface area contributed by atoms with Crippen LogP contribution < -0.4 is 0 Å². The van der Waals surface area contributed by atoms with Crippen LogP contribution in [0.25, 0.3) is 0 Å². The van der Waals surface area contributed by atoms with Gasteiger partial charge in [-0.15, -0.1) is 11.3 Å². The third-order valence-electron chi connectivity index (χ3n) is 1.04. The number of aromatic nitrogens is 1. The summed E-state index contributed by atoms with van der Waals surface area (Å²) in [7, 11) is 0. The van der Waals surface area contributed by atoms with Crippen LogP contribution in [0.5, 0.6) is 0 Å². The molecule has 1 nitrogen and oxygen atoms in total. The summed E-state index contributed by atoms with van der Waals surface area (Å²) >= 11 is 6.89. The van der Waals surface area contributed by atoms with Crippen molar-refractivity contribution in [2.45, 2.75) is 6.42 Å². The second-order valence-electron chi connectivity index (χ2n) is 1.81. The highest BCUT2D eigenvalue weighted by Gasteiger charge is 1.96. The van der Waals surface area contributed by atoms with Crippen molar-refractivity contribution in [1.82, 2.24) is 4.98 Å². The maximum absolute atomic E-state index is 4.27. The third-order valence-corrected chi connectivity index (χ3v) is 3.27. The van der Waals surface area contributed by atoms with Crippen LogP contribution in [0.4, 0.5) is 0 Å². The molecule has 1 aromatic rings. The van der Waals surface area contributed by atoms with E-state index in [9.17, 15) is 0 Å². The number of nitrogens with zero attached hydrogens (tertiary/aromatic N) is 1. The molecule has 0 atom stereocenters. The predicted molar refractivity (Wildman–Crippen MR) is 51.9 cm³/mol. The fraction of sp³-hybridized carbons (Fsp3) is 0.500. The molecule has 1 rings (SSSR count). The van der Waals surface area contributed by atoms with Crippen molar-refractivity contribution in [2.75, 3.05) is 12.0 Å². The number of hydrogen-bond donors (Lipinski definition) is 0. The van der Waals surface area contributed by atoms with Gasteiger partial charge in [-0.3, -0.25) is 0 Å². The van der Waals surface area contributed by atoms with Gasteiger partial charge < -0.3 is 0 Å². The summed E-state index contributed by atoms with van der Waals surface area (Å²) in [5.41, 5.74) is 0. The van der Waals surface area contributed by atoms with Crippen LogP contribution >= 0.6 is 39.0 Å². The zero-order chi connectivity index (χ0) is 7.40. The number of thiazole rings is 1. The molecule has 0 radical (unpaired) electrons. The van der Waals surface area contributed by atoms with Crippen LogP contribution in [0.3, 0.4) is 0 Å². The molecule has 0 unspecified atom stereocenters. The summed E-state index contributed by atoms with van der Waals surface area (Å²) in [6.45, 7) is 0. The van der Waals surface area contributed by atoms with Crippen LogP contribution in [-0.2, 0) is 6.42 Å². The molecule has 4 heteroatoms. The van der Waals surface area contributed by atoms with Crippen LogP contribution in [-0.4, -0.2) is 17.0 Å². The summed E-state index contributed by atoms with van der Waals surface area (Å²) in [4.78, 5) is 4.27. The Morgan fingerprint density at radius 2 is 2.60 bits per heavy atom. The molecule has 0 spiro atoms. The summed E-state index contributed by atoms with van der Waals surface area (Å²) < 4.78 is 0.966. The van der Waals surface area contributed by atoms with Gasteiger partial charge in [0.15, 0.2) is 0 Å². The van der Waals surface area contributed by atoms with E-state index in [4.69, 9.17) is 0 Å². The molecule has 1 aromatic heterocycles. The maximum atomic E-state index is 4.27. The standard InChI is InChI=1S/C6H8BrNS2/c1-9-3-2-6-8-5(7)4-10-6/h4H,2-3H2,1H3. The number of hydrogen-bond acceptors (Lipinski definition) is 3. The van der Waals surface area contributed by atoms with Crippen LogP contribution in [0.1, 0.15) is 5.01 Å². The van der Waals surface area contributed by atoms with Gasteiger partial charge in [0.05, 0.1) is 5.01 Å². The van der Waals surface area contributed by atoms with Crippen molar-refractivity contribution in [1.29, 1.82) is 0 Å². The molecular formula is C6H8BrNS2. The zero-order valence-electron chi connectivity index (χ0n) is 5.63. The van der Waals surface area contributed by atoms with Gasteiger partial charge in [-0.05, 0) is 27.9 Å². The number of thioether (sulfide) groups is 1. The molecule has 1 heterocycles. The SMILES string of the molecule is CSCCc1nc(Br)cs1. The highest BCUT2D eigenvalue weighted by atomic mass is 79.9. The Labute approximate surface area is 77.4 Å². The summed E-state index contributed by atoms with van der Waals surface area (Å²) in [5.74, 6) is 1.17. The first-order valence-electron chi connectivity index (χ1n) is 2.92. The molecule has 0 aliphatic rings. The lowest BCUT2D eigenvalue weighted by Gasteiger charge is -1.89. The van der Waals surface area contributed by atoms with Gasteiger partial charge in [0.1, 0.15) is 4.60 Å².